The van der Waals surface area contributed by atoms with Gasteiger partial charge in [0.1, 0.15) is 5.15 Å². The molecule has 15 heavy (non-hydrogen) atoms. The quantitative estimate of drug-likeness (QED) is 0.628. The summed E-state index contributed by atoms with van der Waals surface area (Å²) in [5, 5.41) is 17.0. The molecule has 0 amide bonds. The molecule has 0 fully saturated rings. The molecule has 0 aliphatic carbocycles. The van der Waals surface area contributed by atoms with Gasteiger partial charge < -0.3 is 5.41 Å². The SMILES string of the molecule is CCC(CC#N)C(=N)c1ccnc(Cl)c1. The number of nitriles is 1. The maximum absolute atomic E-state index is 8.63. The van der Waals surface area contributed by atoms with Gasteiger partial charge in [0.25, 0.3) is 0 Å². The predicted octanol–water partition coefficient (Wildman–Crippen LogP) is 3.04. The van der Waals surface area contributed by atoms with Gasteiger partial charge in [-0.15, -0.1) is 0 Å². The van der Waals surface area contributed by atoms with Crippen LogP contribution in [0.3, 0.4) is 0 Å². The van der Waals surface area contributed by atoms with E-state index in [0.717, 1.165) is 12.0 Å². The van der Waals surface area contributed by atoms with Gasteiger partial charge in [-0.2, -0.15) is 5.26 Å². The van der Waals surface area contributed by atoms with Crippen LogP contribution in [0.4, 0.5) is 0 Å². The summed E-state index contributed by atoms with van der Waals surface area (Å²) in [5.74, 6) is -0.0199. The zero-order valence-corrected chi connectivity index (χ0v) is 9.25. The lowest BCUT2D eigenvalue weighted by molar-refractivity contribution is 0.680. The van der Waals surface area contributed by atoms with Crippen molar-refractivity contribution < 1.29 is 0 Å². The van der Waals surface area contributed by atoms with Gasteiger partial charge in [0.2, 0.25) is 0 Å². The molecule has 1 rings (SSSR count). The lowest BCUT2D eigenvalue weighted by Gasteiger charge is -2.12. The van der Waals surface area contributed by atoms with E-state index in [4.69, 9.17) is 22.3 Å². The van der Waals surface area contributed by atoms with Gasteiger partial charge in [-0.3, -0.25) is 0 Å². The Hall–Kier alpha value is -1.40. The highest BCUT2D eigenvalue weighted by Gasteiger charge is 2.14. The number of hydrogen-bond donors (Lipinski definition) is 1. The molecular weight excluding hydrogens is 210 g/mol. The second-order valence-electron chi connectivity index (χ2n) is 3.25. The summed E-state index contributed by atoms with van der Waals surface area (Å²) in [5.41, 5.74) is 1.21. The lowest BCUT2D eigenvalue weighted by Crippen LogP contribution is -2.13. The van der Waals surface area contributed by atoms with E-state index in [2.05, 4.69) is 11.1 Å². The van der Waals surface area contributed by atoms with E-state index in [1.54, 1.807) is 18.3 Å². The van der Waals surface area contributed by atoms with Gasteiger partial charge in [0, 0.05) is 29.8 Å². The minimum Gasteiger partial charge on any atom is -0.304 e. The molecule has 3 nitrogen and oxygen atoms in total. The first-order chi connectivity index (χ1) is 7.19. The molecule has 0 aliphatic rings. The zero-order chi connectivity index (χ0) is 11.3. The Kier molecular flexibility index (Phi) is 4.26. The molecule has 0 aromatic carbocycles. The van der Waals surface area contributed by atoms with Crippen LogP contribution in [0.1, 0.15) is 25.3 Å². The normalized spacial score (nSPS) is 11.8. The molecule has 0 saturated carbocycles. The fourth-order valence-corrected chi connectivity index (χ4v) is 1.54. The van der Waals surface area contributed by atoms with Crippen LogP contribution in [0, 0.1) is 22.7 Å². The molecule has 4 heteroatoms. The number of aromatic nitrogens is 1. The summed E-state index contributed by atoms with van der Waals surface area (Å²) < 4.78 is 0. The van der Waals surface area contributed by atoms with Crippen molar-refractivity contribution in [3.63, 3.8) is 0 Å². The third kappa shape index (κ3) is 3.03. The van der Waals surface area contributed by atoms with E-state index < -0.39 is 0 Å². The topological polar surface area (TPSA) is 60.5 Å². The van der Waals surface area contributed by atoms with Crippen molar-refractivity contribution >= 4 is 17.3 Å². The summed E-state index contributed by atoms with van der Waals surface area (Å²) in [6.45, 7) is 1.97. The average molecular weight is 222 g/mol. The minimum atomic E-state index is -0.0199. The Morgan fingerprint density at radius 2 is 2.47 bits per heavy atom. The molecule has 1 aromatic heterocycles. The van der Waals surface area contributed by atoms with Crippen LogP contribution in [0.5, 0.6) is 0 Å². The number of pyridine rings is 1. The predicted molar refractivity (Wildman–Crippen MR) is 60.1 cm³/mol. The van der Waals surface area contributed by atoms with Crippen LogP contribution in [0.25, 0.3) is 0 Å². The Morgan fingerprint density at radius 3 is 3.00 bits per heavy atom. The molecule has 1 heterocycles. The van der Waals surface area contributed by atoms with Crippen LogP contribution < -0.4 is 0 Å². The summed E-state index contributed by atoms with van der Waals surface area (Å²) in [6, 6.07) is 5.50. The molecule has 0 spiro atoms. The number of rotatable bonds is 4. The van der Waals surface area contributed by atoms with E-state index >= 15 is 0 Å². The third-order valence-corrected chi connectivity index (χ3v) is 2.48. The van der Waals surface area contributed by atoms with Crippen molar-refractivity contribution in [2.45, 2.75) is 19.8 Å². The maximum Gasteiger partial charge on any atom is 0.129 e. The Morgan fingerprint density at radius 1 is 1.73 bits per heavy atom. The standard InChI is InChI=1S/C11H12ClN3/c1-2-8(3-5-13)11(14)9-4-6-15-10(12)7-9/h4,6-8,14H,2-3H2,1H3. The first-order valence-electron chi connectivity index (χ1n) is 4.76. The number of halogens is 1. The summed E-state index contributed by atoms with van der Waals surface area (Å²) >= 11 is 5.74. The van der Waals surface area contributed by atoms with Gasteiger partial charge >= 0.3 is 0 Å². The van der Waals surface area contributed by atoms with E-state index in [9.17, 15) is 0 Å². The second-order valence-corrected chi connectivity index (χ2v) is 3.64. The lowest BCUT2D eigenvalue weighted by atomic mass is 9.93. The average Bonchev–Trinajstić information content (AvgIpc) is 2.25. The first kappa shape index (κ1) is 11.7. The van der Waals surface area contributed by atoms with Crippen molar-refractivity contribution in [1.29, 1.82) is 10.7 Å². The van der Waals surface area contributed by atoms with E-state index in [1.165, 1.54) is 0 Å². The van der Waals surface area contributed by atoms with E-state index in [-0.39, 0.29) is 5.92 Å². The highest BCUT2D eigenvalue weighted by molar-refractivity contribution is 6.29. The summed E-state index contributed by atoms with van der Waals surface area (Å²) in [7, 11) is 0. The molecule has 1 unspecified atom stereocenters. The molecule has 78 valence electrons. The summed E-state index contributed by atoms with van der Waals surface area (Å²) in [4.78, 5) is 3.86. The van der Waals surface area contributed by atoms with Gasteiger partial charge in [-0.25, -0.2) is 4.98 Å². The van der Waals surface area contributed by atoms with Crippen molar-refractivity contribution in [1.82, 2.24) is 4.98 Å². The third-order valence-electron chi connectivity index (χ3n) is 2.28. The van der Waals surface area contributed by atoms with Crippen LogP contribution in [0.15, 0.2) is 18.3 Å². The van der Waals surface area contributed by atoms with Crippen molar-refractivity contribution in [2.75, 3.05) is 0 Å². The van der Waals surface area contributed by atoms with Crippen molar-refractivity contribution in [3.8, 4) is 6.07 Å². The largest absolute Gasteiger partial charge is 0.304 e. The fraction of sp³-hybridized carbons (Fsp3) is 0.364. The molecule has 0 aliphatic heterocycles. The van der Waals surface area contributed by atoms with E-state index in [1.807, 2.05) is 6.92 Å². The molecule has 1 aromatic rings. The first-order valence-corrected chi connectivity index (χ1v) is 5.14. The van der Waals surface area contributed by atoms with E-state index in [0.29, 0.717) is 17.3 Å². The van der Waals surface area contributed by atoms with Crippen LogP contribution >= 0.6 is 11.6 Å². The van der Waals surface area contributed by atoms with Crippen LogP contribution in [-0.4, -0.2) is 10.7 Å². The molecule has 1 N–H and O–H groups in total. The molecule has 0 radical (unpaired) electrons. The monoisotopic (exact) mass is 221 g/mol. The van der Waals surface area contributed by atoms with Gasteiger partial charge in [0.15, 0.2) is 0 Å². The Balaban J connectivity index is 2.88. The Labute approximate surface area is 94.2 Å². The fourth-order valence-electron chi connectivity index (χ4n) is 1.37. The maximum atomic E-state index is 8.63. The Bertz CT molecular complexity index is 395. The van der Waals surface area contributed by atoms with Gasteiger partial charge in [-0.1, -0.05) is 18.5 Å². The van der Waals surface area contributed by atoms with Crippen molar-refractivity contribution in [3.05, 3.63) is 29.0 Å². The van der Waals surface area contributed by atoms with Gasteiger partial charge in [0.05, 0.1) is 6.07 Å². The minimum absolute atomic E-state index is 0.0199. The summed E-state index contributed by atoms with van der Waals surface area (Å²) in [6.07, 6.45) is 2.73. The highest BCUT2D eigenvalue weighted by atomic mass is 35.5. The van der Waals surface area contributed by atoms with Crippen molar-refractivity contribution in [2.24, 2.45) is 5.92 Å². The highest BCUT2D eigenvalue weighted by Crippen LogP contribution is 2.17. The molecule has 1 atom stereocenters. The smallest absolute Gasteiger partial charge is 0.129 e. The molecule has 0 saturated heterocycles. The number of nitrogens with one attached hydrogen (secondary N) is 1. The molecular formula is C11H12ClN3. The van der Waals surface area contributed by atoms with Gasteiger partial charge in [-0.05, 0) is 18.6 Å². The zero-order valence-electron chi connectivity index (χ0n) is 8.50. The second kappa shape index (κ2) is 5.47. The van der Waals surface area contributed by atoms with Crippen LogP contribution in [0.2, 0.25) is 5.15 Å². The number of nitrogens with zero attached hydrogens (tertiary/aromatic N) is 2. The molecule has 0 bridgehead atoms. The number of hydrogen-bond acceptors (Lipinski definition) is 3. The van der Waals surface area contributed by atoms with Crippen LogP contribution in [-0.2, 0) is 0 Å².